The van der Waals surface area contributed by atoms with Gasteiger partial charge in [0.25, 0.3) is 0 Å². The highest BCUT2D eigenvalue weighted by atomic mass is 16.6. The van der Waals surface area contributed by atoms with Crippen molar-refractivity contribution >= 4 is 5.97 Å². The molecule has 1 heterocycles. The van der Waals surface area contributed by atoms with Crippen LogP contribution in [0.1, 0.15) is 91.4 Å². The van der Waals surface area contributed by atoms with Crippen molar-refractivity contribution in [1.82, 2.24) is 0 Å². The van der Waals surface area contributed by atoms with Crippen LogP contribution < -0.4 is 0 Å². The van der Waals surface area contributed by atoms with Gasteiger partial charge in [-0.05, 0) is 31.8 Å². The van der Waals surface area contributed by atoms with Crippen molar-refractivity contribution in [3.8, 4) is 0 Å². The zero-order valence-electron chi connectivity index (χ0n) is 14.3. The standard InChI is InChI=1S/C19H34O2/c1-4-7-9-10-11-12-13-14-15-17-19(6-3,16-8-5-2)18(20)21-17/h14-15,17H,4-13,16H2,1-3H3. The van der Waals surface area contributed by atoms with E-state index in [0.29, 0.717) is 0 Å². The Bertz CT molecular complexity index is 322. The Morgan fingerprint density at radius 2 is 1.67 bits per heavy atom. The van der Waals surface area contributed by atoms with Gasteiger partial charge in [-0.3, -0.25) is 4.79 Å². The van der Waals surface area contributed by atoms with E-state index in [1.54, 1.807) is 0 Å². The molecule has 0 aliphatic carbocycles. The lowest BCUT2D eigenvalue weighted by Gasteiger charge is -2.45. The third-order valence-electron chi connectivity index (χ3n) is 4.83. The number of hydrogen-bond acceptors (Lipinski definition) is 2. The highest BCUT2D eigenvalue weighted by Crippen LogP contribution is 2.44. The average Bonchev–Trinajstić information content (AvgIpc) is 2.49. The fraction of sp³-hybridized carbons (Fsp3) is 0.842. The van der Waals surface area contributed by atoms with Crippen molar-refractivity contribution in [3.05, 3.63) is 12.2 Å². The molecule has 0 bridgehead atoms. The van der Waals surface area contributed by atoms with Gasteiger partial charge in [0, 0.05) is 0 Å². The largest absolute Gasteiger partial charge is 0.456 e. The summed E-state index contributed by atoms with van der Waals surface area (Å²) in [5.41, 5.74) is -0.215. The average molecular weight is 294 g/mol. The van der Waals surface area contributed by atoms with Crippen LogP contribution in [0.25, 0.3) is 0 Å². The lowest BCUT2D eigenvalue weighted by Crippen LogP contribution is -2.55. The summed E-state index contributed by atoms with van der Waals surface area (Å²) in [7, 11) is 0. The van der Waals surface area contributed by atoms with E-state index in [-0.39, 0.29) is 17.5 Å². The van der Waals surface area contributed by atoms with Crippen molar-refractivity contribution in [2.75, 3.05) is 0 Å². The molecule has 2 nitrogen and oxygen atoms in total. The van der Waals surface area contributed by atoms with Gasteiger partial charge in [-0.15, -0.1) is 0 Å². The lowest BCUT2D eigenvalue weighted by molar-refractivity contribution is -0.200. The van der Waals surface area contributed by atoms with Gasteiger partial charge in [0.05, 0.1) is 0 Å². The first-order valence-electron chi connectivity index (χ1n) is 9.09. The fourth-order valence-corrected chi connectivity index (χ4v) is 3.15. The Labute approximate surface area is 131 Å². The first-order chi connectivity index (χ1) is 10.2. The van der Waals surface area contributed by atoms with Gasteiger partial charge >= 0.3 is 5.97 Å². The second-order valence-electron chi connectivity index (χ2n) is 6.42. The number of ether oxygens (including phenoxy) is 1. The van der Waals surface area contributed by atoms with Gasteiger partial charge in [0.1, 0.15) is 11.5 Å². The van der Waals surface area contributed by atoms with E-state index >= 15 is 0 Å². The fourth-order valence-electron chi connectivity index (χ4n) is 3.15. The number of unbranched alkanes of at least 4 members (excludes halogenated alkanes) is 7. The summed E-state index contributed by atoms with van der Waals surface area (Å²) in [5, 5.41) is 0. The van der Waals surface area contributed by atoms with Crippen LogP contribution in [0.4, 0.5) is 0 Å². The van der Waals surface area contributed by atoms with Gasteiger partial charge in [0.15, 0.2) is 0 Å². The number of cyclic esters (lactones) is 1. The Morgan fingerprint density at radius 1 is 1.00 bits per heavy atom. The van der Waals surface area contributed by atoms with E-state index in [1.165, 1.54) is 38.5 Å². The minimum Gasteiger partial charge on any atom is -0.456 e. The monoisotopic (exact) mass is 294 g/mol. The van der Waals surface area contributed by atoms with E-state index in [4.69, 9.17) is 4.74 Å². The summed E-state index contributed by atoms with van der Waals surface area (Å²) in [6, 6.07) is 0. The summed E-state index contributed by atoms with van der Waals surface area (Å²) in [5.74, 6) is 0.0210. The summed E-state index contributed by atoms with van der Waals surface area (Å²) in [6.45, 7) is 6.54. The van der Waals surface area contributed by atoms with Crippen molar-refractivity contribution in [2.24, 2.45) is 5.41 Å². The molecule has 1 saturated heterocycles. The third-order valence-corrected chi connectivity index (χ3v) is 4.83. The third kappa shape index (κ3) is 5.16. The van der Waals surface area contributed by atoms with E-state index in [9.17, 15) is 4.79 Å². The second kappa shape index (κ2) is 10.0. The van der Waals surface area contributed by atoms with Gasteiger partial charge < -0.3 is 4.74 Å². The number of carbonyl (C=O) groups excluding carboxylic acids is 1. The topological polar surface area (TPSA) is 26.3 Å². The molecule has 0 aromatic rings. The Kier molecular flexibility index (Phi) is 8.72. The number of carbonyl (C=O) groups is 1. The molecular formula is C19H34O2. The molecule has 122 valence electrons. The molecule has 2 atom stereocenters. The zero-order chi connectivity index (χ0) is 15.6. The summed E-state index contributed by atoms with van der Waals surface area (Å²) in [4.78, 5) is 11.9. The maximum Gasteiger partial charge on any atom is 0.316 e. The van der Waals surface area contributed by atoms with Crippen LogP contribution >= 0.6 is 0 Å². The van der Waals surface area contributed by atoms with Crippen LogP contribution in [0.3, 0.4) is 0 Å². The number of esters is 1. The molecule has 0 radical (unpaired) electrons. The number of rotatable bonds is 12. The molecular weight excluding hydrogens is 260 g/mol. The van der Waals surface area contributed by atoms with Crippen LogP contribution in [0.5, 0.6) is 0 Å². The summed E-state index contributed by atoms with van der Waals surface area (Å²) in [6.07, 6.45) is 17.6. The minimum absolute atomic E-state index is 0.0210. The maximum absolute atomic E-state index is 11.9. The molecule has 2 heteroatoms. The molecule has 1 aliphatic rings. The van der Waals surface area contributed by atoms with E-state index in [2.05, 4.69) is 32.9 Å². The SMILES string of the molecule is CCCCCCCCC=CC1OC(=O)C1(CC)CCCC. The van der Waals surface area contributed by atoms with Crippen LogP contribution in [-0.4, -0.2) is 12.1 Å². The van der Waals surface area contributed by atoms with Gasteiger partial charge in [-0.25, -0.2) is 0 Å². The molecule has 0 N–H and O–H groups in total. The molecule has 0 aromatic heterocycles. The Hall–Kier alpha value is -0.790. The summed E-state index contributed by atoms with van der Waals surface area (Å²) < 4.78 is 5.38. The maximum atomic E-state index is 11.9. The lowest BCUT2D eigenvalue weighted by atomic mass is 9.71. The number of hydrogen-bond donors (Lipinski definition) is 0. The van der Waals surface area contributed by atoms with Crippen molar-refractivity contribution in [2.45, 2.75) is 97.5 Å². The Balaban J connectivity index is 2.26. The van der Waals surface area contributed by atoms with Crippen LogP contribution in [0, 0.1) is 5.41 Å². The predicted octanol–water partition coefficient (Wildman–Crippen LogP) is 5.81. The van der Waals surface area contributed by atoms with Crippen molar-refractivity contribution in [3.63, 3.8) is 0 Å². The normalized spacial score (nSPS) is 25.1. The quantitative estimate of drug-likeness (QED) is 0.258. The van der Waals surface area contributed by atoms with Crippen LogP contribution in [0.15, 0.2) is 12.2 Å². The predicted molar refractivity (Wildman–Crippen MR) is 89.3 cm³/mol. The first kappa shape index (κ1) is 18.3. The Morgan fingerprint density at radius 3 is 2.29 bits per heavy atom. The highest BCUT2D eigenvalue weighted by Gasteiger charge is 2.54. The van der Waals surface area contributed by atoms with Gasteiger partial charge in [-0.2, -0.15) is 0 Å². The molecule has 0 aromatic carbocycles. The van der Waals surface area contributed by atoms with Crippen molar-refractivity contribution in [1.29, 1.82) is 0 Å². The molecule has 0 amide bonds. The number of allylic oxidation sites excluding steroid dienone is 1. The van der Waals surface area contributed by atoms with E-state index in [1.807, 2.05) is 0 Å². The summed E-state index contributed by atoms with van der Waals surface area (Å²) >= 11 is 0. The van der Waals surface area contributed by atoms with Gasteiger partial charge in [-0.1, -0.05) is 71.8 Å². The second-order valence-corrected chi connectivity index (χ2v) is 6.42. The smallest absolute Gasteiger partial charge is 0.316 e. The highest BCUT2D eigenvalue weighted by molar-refractivity contribution is 5.83. The molecule has 1 aliphatic heterocycles. The molecule has 1 rings (SSSR count). The molecule has 0 saturated carbocycles. The van der Waals surface area contributed by atoms with E-state index < -0.39 is 0 Å². The van der Waals surface area contributed by atoms with E-state index in [0.717, 1.165) is 32.1 Å². The van der Waals surface area contributed by atoms with Crippen LogP contribution in [-0.2, 0) is 9.53 Å². The molecule has 21 heavy (non-hydrogen) atoms. The molecule has 2 unspecified atom stereocenters. The van der Waals surface area contributed by atoms with Crippen LogP contribution in [0.2, 0.25) is 0 Å². The zero-order valence-corrected chi connectivity index (χ0v) is 14.3. The van der Waals surface area contributed by atoms with Gasteiger partial charge in [0.2, 0.25) is 0 Å². The van der Waals surface area contributed by atoms with Crippen molar-refractivity contribution < 1.29 is 9.53 Å². The first-order valence-corrected chi connectivity index (χ1v) is 9.09. The molecule has 0 spiro atoms. The molecule has 1 fully saturated rings. The minimum atomic E-state index is -0.215.